The molecule has 5 rings (SSSR count). The van der Waals surface area contributed by atoms with Crippen LogP contribution in [0.4, 0.5) is 4.79 Å². The zero-order chi connectivity index (χ0) is 46.9. The number of phosphoric acid groups is 1. The topological polar surface area (TPSA) is 170 Å². The number of carbonyl (C=O) groups excluding carboxylic acids is 2. The van der Waals surface area contributed by atoms with Crippen molar-refractivity contribution in [3.8, 4) is 0 Å². The van der Waals surface area contributed by atoms with Gasteiger partial charge in [-0.1, -0.05) is 91.0 Å². The monoisotopic (exact) mass is 957 g/mol. The second-order valence-corrected chi connectivity index (χ2v) is 19.8. The zero-order valence-corrected chi connectivity index (χ0v) is 40.9. The number of thioether (sulfide) groups is 1. The van der Waals surface area contributed by atoms with Gasteiger partial charge in [-0.3, -0.25) is 18.4 Å². The van der Waals surface area contributed by atoms with E-state index in [1.165, 1.54) is 0 Å². The molecule has 5 atom stereocenters. The van der Waals surface area contributed by atoms with Crippen LogP contribution in [0.25, 0.3) is 0 Å². The zero-order valence-electron chi connectivity index (χ0n) is 39.2. The number of hydrogen-bond donors (Lipinski definition) is 3. The number of urea groups is 1. The van der Waals surface area contributed by atoms with Gasteiger partial charge in [-0.05, 0) is 70.1 Å². The fourth-order valence-electron chi connectivity index (χ4n) is 7.76. The third-order valence-electron chi connectivity index (χ3n) is 10.7. The van der Waals surface area contributed by atoms with E-state index >= 15 is 0 Å². The third kappa shape index (κ3) is 18.3. The normalized spacial score (nSPS) is 18.6. The van der Waals surface area contributed by atoms with Crippen LogP contribution in [0.1, 0.15) is 76.5 Å². The minimum absolute atomic E-state index is 0.0246. The van der Waals surface area contributed by atoms with Gasteiger partial charge in [0.15, 0.2) is 0 Å². The number of benzene rings is 3. The maximum Gasteiger partial charge on any atom is 0.475 e. The minimum atomic E-state index is -4.08. The summed E-state index contributed by atoms with van der Waals surface area (Å²) in [6, 6.07) is 30.4. The first-order valence-corrected chi connectivity index (χ1v) is 25.8. The van der Waals surface area contributed by atoms with Crippen molar-refractivity contribution in [3.63, 3.8) is 0 Å². The fraction of sp³-hybridized carbons (Fsp3) is 0.592. The van der Waals surface area contributed by atoms with Gasteiger partial charge >= 0.3 is 13.9 Å². The van der Waals surface area contributed by atoms with Gasteiger partial charge in [0, 0.05) is 30.6 Å². The smallest absolute Gasteiger partial charge is 0.379 e. The van der Waals surface area contributed by atoms with Crippen LogP contribution < -0.4 is 16.0 Å². The highest BCUT2D eigenvalue weighted by Crippen LogP contribution is 2.53. The summed E-state index contributed by atoms with van der Waals surface area (Å²) in [6.07, 6.45) is 2.13. The van der Waals surface area contributed by atoms with E-state index < -0.39 is 25.1 Å². The molecule has 5 unspecified atom stereocenters. The molecule has 366 valence electrons. The van der Waals surface area contributed by atoms with Crippen LogP contribution in [0.5, 0.6) is 0 Å². The molecule has 0 spiro atoms. The van der Waals surface area contributed by atoms with E-state index in [4.69, 9.17) is 42.0 Å². The molecule has 3 aromatic carbocycles. The average molecular weight is 958 g/mol. The Morgan fingerprint density at radius 3 is 1.73 bits per heavy atom. The van der Waals surface area contributed by atoms with E-state index in [0.717, 1.165) is 28.9 Å². The van der Waals surface area contributed by atoms with E-state index in [-0.39, 0.29) is 49.1 Å². The highest BCUT2D eigenvalue weighted by atomic mass is 32.2. The molecule has 15 nitrogen and oxygen atoms in total. The van der Waals surface area contributed by atoms with Crippen LogP contribution in [-0.2, 0) is 57.0 Å². The van der Waals surface area contributed by atoms with Crippen LogP contribution >= 0.6 is 19.6 Å². The number of carbonyl (C=O) groups is 2. The Balaban J connectivity index is 1.18. The van der Waals surface area contributed by atoms with Crippen molar-refractivity contribution in [2.24, 2.45) is 0 Å². The molecule has 0 aromatic heterocycles. The summed E-state index contributed by atoms with van der Waals surface area (Å²) in [5.74, 6) is 0.824. The summed E-state index contributed by atoms with van der Waals surface area (Å²) in [5, 5.41) is 9.40. The Morgan fingerprint density at radius 1 is 0.712 bits per heavy atom. The van der Waals surface area contributed by atoms with Crippen molar-refractivity contribution in [1.82, 2.24) is 16.0 Å². The summed E-state index contributed by atoms with van der Waals surface area (Å²) in [6.45, 7) is 12.0. The second kappa shape index (κ2) is 28.8. The lowest BCUT2D eigenvalue weighted by atomic mass is 9.79. The summed E-state index contributed by atoms with van der Waals surface area (Å²) < 4.78 is 66.8. The Bertz CT molecular complexity index is 1770. The molecule has 66 heavy (non-hydrogen) atoms. The van der Waals surface area contributed by atoms with Crippen LogP contribution in [-0.4, -0.2) is 133 Å². The molecule has 0 bridgehead atoms. The molecule has 17 heteroatoms. The third-order valence-corrected chi connectivity index (χ3v) is 14.0. The van der Waals surface area contributed by atoms with Crippen LogP contribution in [0.2, 0.25) is 0 Å². The molecule has 0 radical (unpaired) electrons. The maximum atomic E-state index is 14.2. The molecule has 2 aliphatic rings. The quantitative estimate of drug-likeness (QED) is 0.0231. The van der Waals surface area contributed by atoms with Gasteiger partial charge in [0.05, 0.1) is 96.5 Å². The van der Waals surface area contributed by atoms with Gasteiger partial charge < -0.3 is 44.4 Å². The van der Waals surface area contributed by atoms with Gasteiger partial charge in [-0.15, -0.1) is 0 Å². The van der Waals surface area contributed by atoms with Crippen molar-refractivity contribution in [2.45, 2.75) is 94.4 Å². The van der Waals surface area contributed by atoms with Crippen LogP contribution in [0, 0.1) is 0 Å². The molecule has 3 N–H and O–H groups in total. The van der Waals surface area contributed by atoms with E-state index in [1.807, 2.05) is 73.3 Å². The van der Waals surface area contributed by atoms with Gasteiger partial charge in [0.2, 0.25) is 5.91 Å². The van der Waals surface area contributed by atoms with Crippen molar-refractivity contribution in [1.29, 1.82) is 0 Å². The van der Waals surface area contributed by atoms with E-state index in [9.17, 15) is 14.2 Å². The van der Waals surface area contributed by atoms with Crippen molar-refractivity contribution >= 4 is 31.5 Å². The first kappa shape index (κ1) is 53.6. The Kier molecular flexibility index (Phi) is 23.4. The molecule has 2 aliphatic heterocycles. The number of amides is 3. The first-order chi connectivity index (χ1) is 32.0. The number of ether oxygens (including phenoxy) is 6. The Hall–Kier alpha value is -3.38. The Morgan fingerprint density at radius 2 is 1.21 bits per heavy atom. The van der Waals surface area contributed by atoms with E-state index in [2.05, 4.69) is 52.3 Å². The largest absolute Gasteiger partial charge is 0.475 e. The predicted molar refractivity (Wildman–Crippen MR) is 256 cm³/mol. The summed E-state index contributed by atoms with van der Waals surface area (Å²) in [7, 11) is -4.08. The van der Waals surface area contributed by atoms with Gasteiger partial charge in [-0.25, -0.2) is 9.36 Å². The molecule has 2 saturated heterocycles. The SMILES string of the molecule is CCOCCOCCOCCOCCOCCOP(=O)(OCCC(CCNC(=O)CCCC1SCC2NC(=O)NC21)OC(c1ccccc1)(c1ccccc1)c1ccccc1)OC(C)(C)C. The van der Waals surface area contributed by atoms with E-state index in [0.29, 0.717) is 91.7 Å². The lowest BCUT2D eigenvalue weighted by Crippen LogP contribution is -2.39. The average Bonchev–Trinajstić information content (AvgIpc) is 3.87. The molecular weight excluding hydrogens is 886 g/mol. The van der Waals surface area contributed by atoms with Crippen molar-refractivity contribution in [2.75, 3.05) is 91.6 Å². The minimum Gasteiger partial charge on any atom is -0.379 e. The highest BCUT2D eigenvalue weighted by molar-refractivity contribution is 8.00. The predicted octanol–water partition coefficient (Wildman–Crippen LogP) is 7.66. The number of nitrogens with one attached hydrogen (secondary N) is 3. The number of rotatable bonds is 34. The Labute approximate surface area is 396 Å². The van der Waals surface area contributed by atoms with Gasteiger partial charge in [0.1, 0.15) is 5.60 Å². The second-order valence-electron chi connectivity index (χ2n) is 16.9. The lowest BCUT2D eigenvalue weighted by Gasteiger charge is -2.39. The van der Waals surface area contributed by atoms with Crippen molar-refractivity contribution < 1.29 is 56.1 Å². The van der Waals surface area contributed by atoms with Crippen LogP contribution in [0.3, 0.4) is 0 Å². The summed E-state index contributed by atoms with van der Waals surface area (Å²) >= 11 is 1.84. The standard InChI is InChI=1S/C49H72N3O12PS/c1-5-56-28-29-57-30-31-58-32-33-59-34-35-60-36-37-62-65(55,64-48(2,3)4)61-27-25-42(24-26-50-45(53)23-15-22-44-46-43(38-66-44)51-47(54)52-46)63-49(39-16-9-6-10-17-39,40-18-11-7-12-19-40)41-20-13-8-14-21-41/h6-14,16-21,42-44,46H,5,15,22-38H2,1-4H3,(H,50,53)(H2,51,52,54). The summed E-state index contributed by atoms with van der Waals surface area (Å²) in [4.78, 5) is 25.1. The fourth-order valence-corrected chi connectivity index (χ4v) is 10.8. The highest BCUT2D eigenvalue weighted by Gasteiger charge is 2.43. The van der Waals surface area contributed by atoms with Gasteiger partial charge in [0.25, 0.3) is 0 Å². The molecule has 3 amide bonds. The number of phosphoric ester groups is 1. The first-order valence-electron chi connectivity index (χ1n) is 23.3. The molecule has 2 heterocycles. The summed E-state index contributed by atoms with van der Waals surface area (Å²) in [5.41, 5.74) is 0.893. The maximum absolute atomic E-state index is 14.2. The van der Waals surface area contributed by atoms with Gasteiger partial charge in [-0.2, -0.15) is 11.8 Å². The van der Waals surface area contributed by atoms with Crippen LogP contribution in [0.15, 0.2) is 91.0 Å². The number of fused-ring (bicyclic) bond motifs is 1. The molecule has 3 aromatic rings. The molecular formula is C49H72N3O12PS. The molecule has 2 fully saturated rings. The number of hydrogen-bond acceptors (Lipinski definition) is 13. The molecule has 0 saturated carbocycles. The molecule has 0 aliphatic carbocycles. The lowest BCUT2D eigenvalue weighted by molar-refractivity contribution is -0.121. The van der Waals surface area contributed by atoms with E-state index in [1.54, 1.807) is 20.8 Å². The van der Waals surface area contributed by atoms with Crippen molar-refractivity contribution in [3.05, 3.63) is 108 Å².